The molecule has 1 saturated carbocycles. The van der Waals surface area contributed by atoms with E-state index in [1.54, 1.807) is 12.1 Å². The van der Waals surface area contributed by atoms with Gasteiger partial charge < -0.3 is 5.73 Å². The number of nitrogens with zero attached hydrogens (tertiary/aromatic N) is 1. The molecule has 5 heteroatoms. The molecule has 2 amide bonds. The van der Waals surface area contributed by atoms with Gasteiger partial charge in [-0.1, -0.05) is 12.1 Å². The van der Waals surface area contributed by atoms with Crippen LogP contribution in [0.2, 0.25) is 0 Å². The number of hydrogen-bond donors (Lipinski definition) is 2. The maximum atomic E-state index is 12.8. The van der Waals surface area contributed by atoms with Gasteiger partial charge in [-0.2, -0.15) is 0 Å². The van der Waals surface area contributed by atoms with Gasteiger partial charge >= 0.3 is 6.03 Å². The first kappa shape index (κ1) is 12.8. The Labute approximate surface area is 105 Å². The molecule has 0 aliphatic heterocycles. The maximum absolute atomic E-state index is 12.8. The zero-order chi connectivity index (χ0) is 13.1. The molecule has 4 nitrogen and oxygen atoms in total. The van der Waals surface area contributed by atoms with Crippen molar-refractivity contribution in [1.82, 2.24) is 5.06 Å². The third-order valence-corrected chi connectivity index (χ3v) is 3.57. The second kappa shape index (κ2) is 5.35. The van der Waals surface area contributed by atoms with E-state index >= 15 is 0 Å². The lowest BCUT2D eigenvalue weighted by Gasteiger charge is -2.17. The Kier molecular flexibility index (Phi) is 3.81. The average molecular weight is 252 g/mol. The van der Waals surface area contributed by atoms with Crippen LogP contribution in [0.5, 0.6) is 0 Å². The van der Waals surface area contributed by atoms with Crippen molar-refractivity contribution in [1.29, 1.82) is 0 Å². The monoisotopic (exact) mass is 252 g/mol. The number of primary amides is 1. The Morgan fingerprint density at radius 3 is 2.67 bits per heavy atom. The molecule has 3 N–H and O–H groups in total. The summed E-state index contributed by atoms with van der Waals surface area (Å²) < 4.78 is 12.8. The van der Waals surface area contributed by atoms with Gasteiger partial charge in [-0.25, -0.2) is 14.2 Å². The van der Waals surface area contributed by atoms with Gasteiger partial charge in [0.15, 0.2) is 0 Å². The maximum Gasteiger partial charge on any atom is 0.338 e. The quantitative estimate of drug-likeness (QED) is 0.641. The SMILES string of the molecule is NC(=O)N(O)CC1CCC(c2ccc(F)cc2)C1. The zero-order valence-electron chi connectivity index (χ0n) is 10.1. The molecule has 1 aliphatic carbocycles. The number of rotatable bonds is 3. The highest BCUT2D eigenvalue weighted by Crippen LogP contribution is 2.38. The molecule has 2 atom stereocenters. The number of carbonyl (C=O) groups excluding carboxylic acids is 1. The van der Waals surface area contributed by atoms with E-state index in [0.717, 1.165) is 24.8 Å². The first-order valence-corrected chi connectivity index (χ1v) is 6.07. The van der Waals surface area contributed by atoms with Gasteiger partial charge in [0.1, 0.15) is 5.82 Å². The first-order chi connectivity index (χ1) is 8.56. The number of halogens is 1. The fraction of sp³-hybridized carbons (Fsp3) is 0.462. The van der Waals surface area contributed by atoms with Crippen LogP contribution in [0.3, 0.4) is 0 Å². The normalized spacial score (nSPS) is 23.0. The molecule has 0 spiro atoms. The first-order valence-electron chi connectivity index (χ1n) is 6.07. The van der Waals surface area contributed by atoms with Crippen molar-refractivity contribution in [2.24, 2.45) is 11.7 Å². The molecule has 0 bridgehead atoms. The van der Waals surface area contributed by atoms with E-state index in [2.05, 4.69) is 0 Å². The van der Waals surface area contributed by atoms with Gasteiger partial charge in [0, 0.05) is 0 Å². The van der Waals surface area contributed by atoms with Crippen LogP contribution in [0.25, 0.3) is 0 Å². The van der Waals surface area contributed by atoms with Gasteiger partial charge in [-0.15, -0.1) is 0 Å². The summed E-state index contributed by atoms with van der Waals surface area (Å²) in [4.78, 5) is 10.7. The summed E-state index contributed by atoms with van der Waals surface area (Å²) in [6, 6.07) is 5.70. The van der Waals surface area contributed by atoms with Crippen LogP contribution in [0.15, 0.2) is 24.3 Å². The van der Waals surface area contributed by atoms with Gasteiger partial charge in [-0.05, 0) is 48.8 Å². The minimum Gasteiger partial charge on any atom is -0.350 e. The van der Waals surface area contributed by atoms with E-state index < -0.39 is 6.03 Å². The number of benzene rings is 1. The number of nitrogens with two attached hydrogens (primary N) is 1. The molecule has 98 valence electrons. The molecule has 1 fully saturated rings. The average Bonchev–Trinajstić information content (AvgIpc) is 2.78. The summed E-state index contributed by atoms with van der Waals surface area (Å²) in [6.45, 7) is 0.271. The zero-order valence-corrected chi connectivity index (χ0v) is 10.1. The molecule has 0 radical (unpaired) electrons. The van der Waals surface area contributed by atoms with Crippen molar-refractivity contribution in [2.45, 2.75) is 25.2 Å². The van der Waals surface area contributed by atoms with Crippen molar-refractivity contribution < 1.29 is 14.4 Å². The Morgan fingerprint density at radius 1 is 1.39 bits per heavy atom. The van der Waals surface area contributed by atoms with Crippen molar-refractivity contribution in [2.75, 3.05) is 6.54 Å². The third kappa shape index (κ3) is 2.98. The highest BCUT2D eigenvalue weighted by Gasteiger charge is 2.27. The van der Waals surface area contributed by atoms with Crippen molar-refractivity contribution in [3.8, 4) is 0 Å². The number of hydrogen-bond acceptors (Lipinski definition) is 2. The fourth-order valence-corrected chi connectivity index (χ4v) is 2.61. The molecule has 2 rings (SSSR count). The van der Waals surface area contributed by atoms with Crippen LogP contribution in [0.4, 0.5) is 9.18 Å². The number of amides is 2. The molecule has 0 heterocycles. The third-order valence-electron chi connectivity index (χ3n) is 3.57. The molecule has 0 saturated heterocycles. The predicted octanol–water partition coefficient (Wildman–Crippen LogP) is 2.48. The summed E-state index contributed by atoms with van der Waals surface area (Å²) >= 11 is 0. The molecule has 1 aromatic rings. The number of hydroxylamine groups is 2. The minimum atomic E-state index is -0.819. The van der Waals surface area contributed by atoms with Crippen LogP contribution in [0.1, 0.15) is 30.7 Å². The Hall–Kier alpha value is -1.62. The summed E-state index contributed by atoms with van der Waals surface area (Å²) in [6.07, 6.45) is 2.81. The van der Waals surface area contributed by atoms with E-state index in [0.29, 0.717) is 11.0 Å². The smallest absolute Gasteiger partial charge is 0.338 e. The Morgan fingerprint density at radius 2 is 2.06 bits per heavy atom. The Bertz CT molecular complexity index is 422. The van der Waals surface area contributed by atoms with Crippen LogP contribution >= 0.6 is 0 Å². The second-order valence-electron chi connectivity index (χ2n) is 4.85. The second-order valence-corrected chi connectivity index (χ2v) is 4.85. The standard InChI is InChI=1S/C13H17FN2O2/c14-12-5-3-10(4-6-12)11-2-1-9(7-11)8-16(18)13(15)17/h3-6,9,11,18H,1-2,7-8H2,(H2,15,17). The molecule has 0 aromatic heterocycles. The minimum absolute atomic E-state index is 0.233. The highest BCUT2D eigenvalue weighted by molar-refractivity contribution is 5.70. The van der Waals surface area contributed by atoms with Crippen LogP contribution in [0, 0.1) is 11.7 Å². The van der Waals surface area contributed by atoms with Crippen LogP contribution in [-0.2, 0) is 0 Å². The summed E-state index contributed by atoms with van der Waals surface area (Å²) in [5, 5.41) is 9.86. The van der Waals surface area contributed by atoms with E-state index in [9.17, 15) is 14.4 Å². The molecule has 2 unspecified atom stereocenters. The van der Waals surface area contributed by atoms with Crippen LogP contribution in [-0.4, -0.2) is 22.8 Å². The van der Waals surface area contributed by atoms with E-state index in [1.165, 1.54) is 12.1 Å². The highest BCUT2D eigenvalue weighted by atomic mass is 19.1. The lowest BCUT2D eigenvalue weighted by molar-refractivity contribution is -0.0500. The number of urea groups is 1. The summed E-state index contributed by atoms with van der Waals surface area (Å²) in [5.41, 5.74) is 6.09. The summed E-state index contributed by atoms with van der Waals surface area (Å²) in [5.74, 6) is 0.387. The van der Waals surface area contributed by atoms with Gasteiger partial charge in [-0.3, -0.25) is 5.21 Å². The topological polar surface area (TPSA) is 66.6 Å². The Balaban J connectivity index is 1.92. The van der Waals surface area contributed by atoms with E-state index in [-0.39, 0.29) is 18.3 Å². The largest absolute Gasteiger partial charge is 0.350 e. The molecular weight excluding hydrogens is 235 g/mol. The van der Waals surface area contributed by atoms with Crippen LogP contribution < -0.4 is 5.73 Å². The van der Waals surface area contributed by atoms with E-state index in [4.69, 9.17) is 5.73 Å². The lowest BCUT2D eigenvalue weighted by Crippen LogP contribution is -2.35. The molecule has 1 aromatic carbocycles. The van der Waals surface area contributed by atoms with Gasteiger partial charge in [0.2, 0.25) is 0 Å². The number of carbonyl (C=O) groups is 1. The molecule has 1 aliphatic rings. The van der Waals surface area contributed by atoms with Gasteiger partial charge in [0.05, 0.1) is 6.54 Å². The van der Waals surface area contributed by atoms with Crippen molar-refractivity contribution in [3.05, 3.63) is 35.6 Å². The predicted molar refractivity (Wildman–Crippen MR) is 64.6 cm³/mol. The summed E-state index contributed by atoms with van der Waals surface area (Å²) in [7, 11) is 0. The van der Waals surface area contributed by atoms with E-state index in [1.807, 2.05) is 0 Å². The molecule has 18 heavy (non-hydrogen) atoms. The molecular formula is C13H17FN2O2. The lowest BCUT2D eigenvalue weighted by atomic mass is 9.96. The van der Waals surface area contributed by atoms with Gasteiger partial charge in [0.25, 0.3) is 0 Å². The van der Waals surface area contributed by atoms with Crippen molar-refractivity contribution in [3.63, 3.8) is 0 Å². The fourth-order valence-electron chi connectivity index (χ4n) is 2.61. The van der Waals surface area contributed by atoms with Crippen molar-refractivity contribution >= 4 is 6.03 Å².